The molecule has 1 amide bonds. The minimum atomic E-state index is -0.0639. The van der Waals surface area contributed by atoms with E-state index in [1.807, 2.05) is 18.2 Å². The minimum Gasteiger partial charge on any atom is -0.358 e. The highest BCUT2D eigenvalue weighted by Crippen LogP contribution is 2.42. The zero-order valence-corrected chi connectivity index (χ0v) is 13.5. The van der Waals surface area contributed by atoms with Crippen LogP contribution < -0.4 is 5.32 Å². The smallest absolute Gasteiger partial charge is 0.255 e. The minimum absolute atomic E-state index is 0.0639. The van der Waals surface area contributed by atoms with Crippen molar-refractivity contribution >= 4 is 22.5 Å². The number of fused-ring (bicyclic) bond motifs is 3. The second-order valence-corrected chi connectivity index (χ2v) is 6.98. The van der Waals surface area contributed by atoms with Gasteiger partial charge in [-0.3, -0.25) is 9.89 Å². The standard InChI is InChI=1S/C19H20N4O/c24-19(22-17-10-20-23-18(17)11-5-6-11)12-7-8-16-14(9-12)13-3-1-2-4-15(13)21-16/h7-11,21H,1-6H2,(H,20,23)(H,22,24). The monoisotopic (exact) mass is 320 g/mol. The first-order chi connectivity index (χ1) is 11.8. The first-order valence-electron chi connectivity index (χ1n) is 8.77. The van der Waals surface area contributed by atoms with Gasteiger partial charge in [0.05, 0.1) is 17.6 Å². The molecule has 5 nitrogen and oxygen atoms in total. The number of aromatic nitrogens is 3. The zero-order chi connectivity index (χ0) is 16.1. The van der Waals surface area contributed by atoms with E-state index < -0.39 is 0 Å². The second kappa shape index (κ2) is 5.23. The maximum Gasteiger partial charge on any atom is 0.255 e. The number of H-pyrrole nitrogens is 2. The maximum absolute atomic E-state index is 12.7. The Hall–Kier alpha value is -2.56. The van der Waals surface area contributed by atoms with E-state index in [1.165, 1.54) is 42.3 Å². The summed E-state index contributed by atoms with van der Waals surface area (Å²) in [6, 6.07) is 5.96. The molecule has 3 aromatic rings. The number of aromatic amines is 2. The number of hydrogen-bond acceptors (Lipinski definition) is 2. The molecule has 0 unspecified atom stereocenters. The molecule has 1 aromatic carbocycles. The number of benzene rings is 1. The predicted molar refractivity (Wildman–Crippen MR) is 93.5 cm³/mol. The van der Waals surface area contributed by atoms with Crippen LogP contribution in [-0.4, -0.2) is 21.1 Å². The van der Waals surface area contributed by atoms with Crippen LogP contribution in [0, 0.1) is 0 Å². The summed E-state index contributed by atoms with van der Waals surface area (Å²) in [6.07, 6.45) is 8.76. The highest BCUT2D eigenvalue weighted by Gasteiger charge is 2.28. The molecule has 0 bridgehead atoms. The van der Waals surface area contributed by atoms with Crippen molar-refractivity contribution in [1.82, 2.24) is 15.2 Å². The molecule has 0 radical (unpaired) electrons. The quantitative estimate of drug-likeness (QED) is 0.685. The lowest BCUT2D eigenvalue weighted by atomic mass is 9.95. The fourth-order valence-electron chi connectivity index (χ4n) is 3.82. The van der Waals surface area contributed by atoms with Crippen molar-refractivity contribution in [1.29, 1.82) is 0 Å². The number of aryl methyl sites for hydroxylation is 2. The van der Waals surface area contributed by atoms with Crippen LogP contribution in [0.3, 0.4) is 0 Å². The molecule has 0 spiro atoms. The zero-order valence-electron chi connectivity index (χ0n) is 13.5. The van der Waals surface area contributed by atoms with Crippen LogP contribution in [0.4, 0.5) is 5.69 Å². The van der Waals surface area contributed by atoms with Gasteiger partial charge in [-0.2, -0.15) is 5.10 Å². The normalized spacial score (nSPS) is 17.0. The molecule has 2 aromatic heterocycles. The molecule has 2 aliphatic carbocycles. The Bertz CT molecular complexity index is 932. The Morgan fingerprint density at radius 3 is 2.96 bits per heavy atom. The number of carbonyl (C=O) groups excluding carboxylic acids is 1. The molecule has 2 heterocycles. The van der Waals surface area contributed by atoms with Gasteiger partial charge in [0.2, 0.25) is 0 Å². The summed E-state index contributed by atoms with van der Waals surface area (Å²) in [6.45, 7) is 0. The Kier molecular flexibility index (Phi) is 3.01. The Labute approximate surface area is 139 Å². The van der Waals surface area contributed by atoms with E-state index >= 15 is 0 Å². The maximum atomic E-state index is 12.7. The fourth-order valence-corrected chi connectivity index (χ4v) is 3.82. The molecule has 2 aliphatic rings. The first-order valence-corrected chi connectivity index (χ1v) is 8.77. The van der Waals surface area contributed by atoms with E-state index in [2.05, 4.69) is 20.5 Å². The Balaban J connectivity index is 1.47. The summed E-state index contributed by atoms with van der Waals surface area (Å²) in [5, 5.41) is 11.3. The summed E-state index contributed by atoms with van der Waals surface area (Å²) in [5.41, 5.74) is 6.47. The summed E-state index contributed by atoms with van der Waals surface area (Å²) in [7, 11) is 0. The number of amides is 1. The van der Waals surface area contributed by atoms with Crippen LogP contribution in [0.5, 0.6) is 0 Å². The molecule has 3 N–H and O–H groups in total. The largest absolute Gasteiger partial charge is 0.358 e. The second-order valence-electron chi connectivity index (χ2n) is 6.98. The van der Waals surface area contributed by atoms with Crippen molar-refractivity contribution in [3.8, 4) is 0 Å². The molecule has 24 heavy (non-hydrogen) atoms. The lowest BCUT2D eigenvalue weighted by Gasteiger charge is -2.10. The fraction of sp³-hybridized carbons (Fsp3) is 0.368. The molecule has 0 atom stereocenters. The highest BCUT2D eigenvalue weighted by atomic mass is 16.1. The van der Waals surface area contributed by atoms with Gasteiger partial charge in [0.25, 0.3) is 5.91 Å². The number of nitrogens with zero attached hydrogens (tertiary/aromatic N) is 1. The Morgan fingerprint density at radius 1 is 1.21 bits per heavy atom. The van der Waals surface area contributed by atoms with E-state index in [9.17, 15) is 4.79 Å². The van der Waals surface area contributed by atoms with Crippen LogP contribution in [0.1, 0.15) is 58.9 Å². The number of nitrogens with one attached hydrogen (secondary N) is 3. The van der Waals surface area contributed by atoms with Gasteiger partial charge in [-0.05, 0) is 62.3 Å². The third-order valence-electron chi connectivity index (χ3n) is 5.26. The molecule has 122 valence electrons. The van der Waals surface area contributed by atoms with Crippen molar-refractivity contribution in [3.63, 3.8) is 0 Å². The van der Waals surface area contributed by atoms with Gasteiger partial charge in [-0.25, -0.2) is 0 Å². The highest BCUT2D eigenvalue weighted by molar-refractivity contribution is 6.07. The predicted octanol–water partition coefficient (Wildman–Crippen LogP) is 3.90. The third-order valence-corrected chi connectivity index (χ3v) is 5.26. The van der Waals surface area contributed by atoms with Gasteiger partial charge in [-0.15, -0.1) is 0 Å². The van der Waals surface area contributed by atoms with Crippen molar-refractivity contribution < 1.29 is 4.79 Å². The number of rotatable bonds is 3. The van der Waals surface area contributed by atoms with E-state index in [-0.39, 0.29) is 5.91 Å². The molecular weight excluding hydrogens is 300 g/mol. The van der Waals surface area contributed by atoms with E-state index in [0.29, 0.717) is 11.5 Å². The van der Waals surface area contributed by atoms with Crippen LogP contribution in [0.25, 0.3) is 10.9 Å². The van der Waals surface area contributed by atoms with E-state index in [1.54, 1.807) is 6.20 Å². The van der Waals surface area contributed by atoms with Gasteiger partial charge >= 0.3 is 0 Å². The summed E-state index contributed by atoms with van der Waals surface area (Å²) >= 11 is 0. The van der Waals surface area contributed by atoms with Crippen molar-refractivity contribution in [2.24, 2.45) is 0 Å². The number of carbonyl (C=O) groups is 1. The van der Waals surface area contributed by atoms with Crippen LogP contribution in [0.2, 0.25) is 0 Å². The van der Waals surface area contributed by atoms with Gasteiger partial charge in [0.1, 0.15) is 0 Å². The van der Waals surface area contributed by atoms with Crippen molar-refractivity contribution in [3.05, 3.63) is 46.9 Å². The number of hydrogen-bond donors (Lipinski definition) is 3. The molecule has 1 saturated carbocycles. The molecule has 5 rings (SSSR count). The van der Waals surface area contributed by atoms with Crippen LogP contribution >= 0.6 is 0 Å². The van der Waals surface area contributed by atoms with Crippen LogP contribution in [0.15, 0.2) is 24.4 Å². The van der Waals surface area contributed by atoms with Gasteiger partial charge in [-0.1, -0.05) is 0 Å². The SMILES string of the molecule is O=C(Nc1cn[nH]c1C1CC1)c1ccc2[nH]c3c(c2c1)CCCC3. The van der Waals surface area contributed by atoms with Gasteiger partial charge in [0.15, 0.2) is 0 Å². The summed E-state index contributed by atoms with van der Waals surface area (Å²) in [4.78, 5) is 16.2. The van der Waals surface area contributed by atoms with Crippen LogP contribution in [-0.2, 0) is 12.8 Å². The van der Waals surface area contributed by atoms with E-state index in [4.69, 9.17) is 0 Å². The lowest BCUT2D eigenvalue weighted by molar-refractivity contribution is 0.102. The molecule has 0 aliphatic heterocycles. The molecular formula is C19H20N4O. The topological polar surface area (TPSA) is 73.6 Å². The molecule has 0 saturated heterocycles. The lowest BCUT2D eigenvalue weighted by Crippen LogP contribution is -2.12. The average Bonchev–Trinajstić information content (AvgIpc) is 3.23. The molecule has 5 heteroatoms. The van der Waals surface area contributed by atoms with E-state index in [0.717, 1.165) is 29.7 Å². The average molecular weight is 320 g/mol. The summed E-state index contributed by atoms with van der Waals surface area (Å²) in [5.74, 6) is 0.466. The van der Waals surface area contributed by atoms with Gasteiger partial charge in [0, 0.05) is 28.1 Å². The van der Waals surface area contributed by atoms with Gasteiger partial charge < -0.3 is 10.3 Å². The van der Waals surface area contributed by atoms with Crippen molar-refractivity contribution in [2.45, 2.75) is 44.4 Å². The molecule has 1 fully saturated rings. The number of anilines is 1. The Morgan fingerprint density at radius 2 is 2.08 bits per heavy atom. The van der Waals surface area contributed by atoms with Crippen molar-refractivity contribution in [2.75, 3.05) is 5.32 Å². The first kappa shape index (κ1) is 13.8. The summed E-state index contributed by atoms with van der Waals surface area (Å²) < 4.78 is 0. The third kappa shape index (κ3) is 2.23.